The van der Waals surface area contributed by atoms with E-state index in [1.54, 1.807) is 25.4 Å². The molecule has 8 heteroatoms. The van der Waals surface area contributed by atoms with Crippen molar-refractivity contribution >= 4 is 27.8 Å². The van der Waals surface area contributed by atoms with E-state index in [9.17, 15) is 18.7 Å². The van der Waals surface area contributed by atoms with Crippen LogP contribution in [0.2, 0.25) is 0 Å². The number of aliphatic carboxylic acids is 1. The molecule has 2 heterocycles. The monoisotopic (exact) mass is 481 g/mol. The Bertz CT molecular complexity index is 1400. The molecular formula is C27H29F2N3O3. The van der Waals surface area contributed by atoms with Crippen LogP contribution in [-0.4, -0.2) is 45.2 Å². The molecule has 6 nitrogen and oxygen atoms in total. The fourth-order valence-corrected chi connectivity index (χ4v) is 5.69. The van der Waals surface area contributed by atoms with Gasteiger partial charge in [-0.3, -0.25) is 5.10 Å². The van der Waals surface area contributed by atoms with E-state index in [0.29, 0.717) is 19.4 Å². The lowest BCUT2D eigenvalue weighted by Crippen LogP contribution is -2.38. The van der Waals surface area contributed by atoms with Gasteiger partial charge in [0.25, 0.3) is 0 Å². The van der Waals surface area contributed by atoms with Crippen molar-refractivity contribution in [3.63, 3.8) is 0 Å². The largest absolute Gasteiger partial charge is 0.479 e. The number of benzene rings is 2. The van der Waals surface area contributed by atoms with Crippen molar-refractivity contribution < 1.29 is 23.4 Å². The molecule has 1 aliphatic rings. The summed E-state index contributed by atoms with van der Waals surface area (Å²) in [4.78, 5) is 11.5. The highest BCUT2D eigenvalue weighted by molar-refractivity contribution is 5.99. The van der Waals surface area contributed by atoms with Crippen molar-refractivity contribution in [2.45, 2.75) is 56.5 Å². The zero-order chi connectivity index (χ0) is 25.0. The smallest absolute Gasteiger partial charge is 0.341 e. The molecule has 35 heavy (non-hydrogen) atoms. The standard InChI is InChI=1S/C27H29F2N3O3/c1-26(2,15-35-3)24-23(16-8-10-27(29,11-9-16)25(33)34)20-13-21-17(14-30-31-21)12-22(20)32(24)19-6-4-18(28)5-7-19/h4-7,12-14,16H,8-11,15H2,1-3H3,(H,30,31)(H,33,34). The van der Waals surface area contributed by atoms with E-state index in [4.69, 9.17) is 4.74 Å². The number of rotatable bonds is 6. The topological polar surface area (TPSA) is 80.1 Å². The van der Waals surface area contributed by atoms with Gasteiger partial charge in [-0.25, -0.2) is 13.6 Å². The van der Waals surface area contributed by atoms with Gasteiger partial charge in [0.1, 0.15) is 5.82 Å². The third-order valence-electron chi connectivity index (χ3n) is 7.37. The number of ether oxygens (including phenoxy) is 1. The van der Waals surface area contributed by atoms with Crippen LogP contribution < -0.4 is 0 Å². The molecule has 0 atom stereocenters. The van der Waals surface area contributed by atoms with E-state index in [0.717, 1.165) is 38.8 Å². The van der Waals surface area contributed by atoms with Gasteiger partial charge in [0, 0.05) is 34.7 Å². The Hall–Kier alpha value is -3.26. The van der Waals surface area contributed by atoms with E-state index in [1.165, 1.54) is 12.1 Å². The van der Waals surface area contributed by atoms with Crippen molar-refractivity contribution in [2.24, 2.45) is 0 Å². The second kappa shape index (κ2) is 8.45. The second-order valence-electron chi connectivity index (χ2n) is 10.3. The molecule has 1 fully saturated rings. The van der Waals surface area contributed by atoms with E-state index in [-0.39, 0.29) is 24.6 Å². The number of hydrogen-bond acceptors (Lipinski definition) is 3. The maximum Gasteiger partial charge on any atom is 0.341 e. The van der Waals surface area contributed by atoms with E-state index in [1.807, 2.05) is 0 Å². The molecule has 0 saturated heterocycles. The van der Waals surface area contributed by atoms with Crippen LogP contribution in [0.3, 0.4) is 0 Å². The lowest BCUT2D eigenvalue weighted by molar-refractivity contribution is -0.153. The number of H-pyrrole nitrogens is 1. The first-order valence-electron chi connectivity index (χ1n) is 11.8. The maximum atomic E-state index is 15.0. The minimum Gasteiger partial charge on any atom is -0.479 e. The number of carboxylic acids is 1. The molecule has 0 bridgehead atoms. The summed E-state index contributed by atoms with van der Waals surface area (Å²) in [6.07, 6.45) is 2.53. The van der Waals surface area contributed by atoms with Crippen LogP contribution in [0, 0.1) is 5.82 Å². The van der Waals surface area contributed by atoms with Crippen molar-refractivity contribution in [2.75, 3.05) is 13.7 Å². The average molecular weight is 482 g/mol. The van der Waals surface area contributed by atoms with Gasteiger partial charge < -0.3 is 14.4 Å². The van der Waals surface area contributed by atoms with Gasteiger partial charge >= 0.3 is 5.97 Å². The molecule has 1 aliphatic carbocycles. The summed E-state index contributed by atoms with van der Waals surface area (Å²) >= 11 is 0. The minimum atomic E-state index is -2.19. The van der Waals surface area contributed by atoms with Crippen molar-refractivity contribution in [3.05, 3.63) is 59.7 Å². The lowest BCUT2D eigenvalue weighted by atomic mass is 9.73. The summed E-state index contributed by atoms with van der Waals surface area (Å²) in [6.45, 7) is 4.63. The number of aromatic amines is 1. The van der Waals surface area contributed by atoms with Gasteiger partial charge in [0.2, 0.25) is 5.67 Å². The maximum absolute atomic E-state index is 15.0. The molecule has 2 N–H and O–H groups in total. The molecule has 4 aromatic rings. The number of methoxy groups -OCH3 is 1. The molecule has 0 spiro atoms. The summed E-state index contributed by atoms with van der Waals surface area (Å²) in [5.74, 6) is -1.74. The normalized spacial score (nSPS) is 21.1. The Morgan fingerprint density at radius 3 is 2.57 bits per heavy atom. The number of aromatic nitrogens is 3. The molecule has 0 radical (unpaired) electrons. The molecule has 5 rings (SSSR count). The molecule has 184 valence electrons. The molecule has 0 unspecified atom stereocenters. The predicted molar refractivity (Wildman–Crippen MR) is 130 cm³/mol. The number of carbonyl (C=O) groups is 1. The van der Waals surface area contributed by atoms with Crippen LogP contribution >= 0.6 is 0 Å². The highest BCUT2D eigenvalue weighted by Crippen LogP contribution is 2.48. The lowest BCUT2D eigenvalue weighted by Gasteiger charge is -2.34. The van der Waals surface area contributed by atoms with Gasteiger partial charge in [-0.2, -0.15) is 5.10 Å². The van der Waals surface area contributed by atoms with Crippen molar-refractivity contribution in [1.82, 2.24) is 14.8 Å². The summed E-state index contributed by atoms with van der Waals surface area (Å²) < 4.78 is 36.6. The van der Waals surface area contributed by atoms with Crippen LogP contribution in [0.4, 0.5) is 8.78 Å². The number of hydrogen-bond donors (Lipinski definition) is 2. The van der Waals surface area contributed by atoms with Crippen LogP contribution in [0.1, 0.15) is 56.7 Å². The number of fused-ring (bicyclic) bond motifs is 2. The summed E-state index contributed by atoms with van der Waals surface area (Å²) in [5.41, 5.74) is 2.07. The SMILES string of the molecule is COCC(C)(C)c1c(C2CCC(F)(C(=O)O)CC2)c2cc3[nH]ncc3cc2n1-c1ccc(F)cc1. The third-order valence-corrected chi connectivity index (χ3v) is 7.37. The summed E-state index contributed by atoms with van der Waals surface area (Å²) in [6, 6.07) is 10.5. The third kappa shape index (κ3) is 3.89. The van der Waals surface area contributed by atoms with Crippen LogP contribution in [-0.2, 0) is 14.9 Å². The van der Waals surface area contributed by atoms with Gasteiger partial charge in [-0.05, 0) is 73.6 Å². The molecule has 0 aliphatic heterocycles. The fourth-order valence-electron chi connectivity index (χ4n) is 5.69. The molecule has 1 saturated carbocycles. The molecule has 2 aromatic heterocycles. The first-order chi connectivity index (χ1) is 16.6. The predicted octanol–water partition coefficient (Wildman–Crippen LogP) is 6.02. The highest BCUT2D eigenvalue weighted by atomic mass is 19.1. The van der Waals surface area contributed by atoms with E-state index in [2.05, 4.69) is 40.7 Å². The number of halogens is 2. The second-order valence-corrected chi connectivity index (χ2v) is 10.3. The Kier molecular flexibility index (Phi) is 5.67. The van der Waals surface area contributed by atoms with Gasteiger partial charge in [0.15, 0.2) is 0 Å². The zero-order valence-electron chi connectivity index (χ0n) is 20.1. The first-order valence-corrected chi connectivity index (χ1v) is 11.8. The number of nitrogens with one attached hydrogen (secondary N) is 1. The van der Waals surface area contributed by atoms with Crippen LogP contribution in [0.5, 0.6) is 0 Å². The minimum absolute atomic E-state index is 0.0334. The summed E-state index contributed by atoms with van der Waals surface area (Å²) in [5, 5.41) is 18.6. The Morgan fingerprint density at radius 2 is 1.94 bits per heavy atom. The van der Waals surface area contributed by atoms with E-state index >= 15 is 0 Å². The fraction of sp³-hybridized carbons (Fsp3) is 0.407. The van der Waals surface area contributed by atoms with Crippen molar-refractivity contribution in [1.29, 1.82) is 0 Å². The van der Waals surface area contributed by atoms with Crippen molar-refractivity contribution in [3.8, 4) is 5.69 Å². The Balaban J connectivity index is 1.80. The number of nitrogens with zero attached hydrogens (tertiary/aromatic N) is 2. The highest BCUT2D eigenvalue weighted by Gasteiger charge is 2.44. The Morgan fingerprint density at radius 1 is 1.26 bits per heavy atom. The average Bonchev–Trinajstić information content (AvgIpc) is 3.41. The molecule has 0 amide bonds. The number of carboxylic acid groups (broad SMARTS) is 1. The first kappa shape index (κ1) is 23.5. The molecular weight excluding hydrogens is 452 g/mol. The van der Waals surface area contributed by atoms with Gasteiger partial charge in [-0.1, -0.05) is 13.8 Å². The van der Waals surface area contributed by atoms with E-state index < -0.39 is 17.1 Å². The van der Waals surface area contributed by atoms with Gasteiger partial charge in [-0.15, -0.1) is 0 Å². The number of alkyl halides is 1. The van der Waals surface area contributed by atoms with Gasteiger partial charge in [0.05, 0.1) is 23.8 Å². The Labute approximate surface area is 201 Å². The van der Waals surface area contributed by atoms with Crippen LogP contribution in [0.25, 0.3) is 27.5 Å². The van der Waals surface area contributed by atoms with Crippen LogP contribution in [0.15, 0.2) is 42.6 Å². The molecule has 2 aromatic carbocycles. The quantitative estimate of drug-likeness (QED) is 0.353. The summed E-state index contributed by atoms with van der Waals surface area (Å²) in [7, 11) is 1.66. The zero-order valence-corrected chi connectivity index (χ0v) is 20.1.